The number of carbonyl (C=O) groups excluding carboxylic acids is 2. The van der Waals surface area contributed by atoms with Gasteiger partial charge < -0.3 is 4.74 Å². The molecule has 0 unspecified atom stereocenters. The molecule has 0 bridgehead atoms. The lowest BCUT2D eigenvalue weighted by molar-refractivity contribution is -0.142. The minimum Gasteiger partial charge on any atom is -0.466 e. The number of carbonyl (C=O) groups is 2. The van der Waals surface area contributed by atoms with Crippen LogP contribution in [0.4, 0.5) is 5.13 Å². The van der Waals surface area contributed by atoms with E-state index in [1.165, 1.54) is 0 Å². The Balaban J connectivity index is 1.99. The van der Waals surface area contributed by atoms with Crippen molar-refractivity contribution in [1.82, 2.24) is 10.2 Å². The number of halogens is 1. The topological polar surface area (TPSA) is 81.2 Å². The highest BCUT2D eigenvalue weighted by Crippen LogP contribution is 2.18. The van der Waals surface area contributed by atoms with Crippen molar-refractivity contribution in [2.75, 3.05) is 11.9 Å². The van der Waals surface area contributed by atoms with Gasteiger partial charge in [-0.05, 0) is 25.1 Å². The largest absolute Gasteiger partial charge is 0.466 e. The maximum Gasteiger partial charge on any atom is 0.312 e. The summed E-state index contributed by atoms with van der Waals surface area (Å²) in [5, 5.41) is 11.2. The summed E-state index contributed by atoms with van der Waals surface area (Å²) >= 11 is 4.45. The Morgan fingerprint density at radius 1 is 1.38 bits per heavy atom. The summed E-state index contributed by atoms with van der Waals surface area (Å²) in [5.74, 6) is -0.645. The summed E-state index contributed by atoms with van der Waals surface area (Å²) in [4.78, 5) is 23.3. The molecule has 2 rings (SSSR count). The van der Waals surface area contributed by atoms with Gasteiger partial charge in [0, 0.05) is 10.0 Å². The third-order valence-corrected chi connectivity index (χ3v) is 3.71. The molecule has 0 aliphatic rings. The van der Waals surface area contributed by atoms with Crippen LogP contribution in [0.25, 0.3) is 0 Å². The molecule has 1 aromatic carbocycles. The minimum atomic E-state index is -0.362. The molecule has 0 saturated carbocycles. The SMILES string of the molecule is CCOC(=O)Cc1nnc(NC(=O)c2cccc(Br)c2)s1. The fourth-order valence-corrected chi connectivity index (χ4v) is 2.63. The van der Waals surface area contributed by atoms with Crippen LogP contribution in [0.15, 0.2) is 28.7 Å². The summed E-state index contributed by atoms with van der Waals surface area (Å²) in [7, 11) is 0. The monoisotopic (exact) mass is 369 g/mol. The fraction of sp³-hybridized carbons (Fsp3) is 0.231. The molecule has 0 saturated heterocycles. The molecule has 0 fully saturated rings. The molecule has 110 valence electrons. The van der Waals surface area contributed by atoms with E-state index in [1.54, 1.807) is 25.1 Å². The second kappa shape index (κ2) is 7.28. The van der Waals surface area contributed by atoms with Gasteiger partial charge in [0.25, 0.3) is 5.91 Å². The summed E-state index contributed by atoms with van der Waals surface area (Å²) in [6.45, 7) is 2.06. The first-order chi connectivity index (χ1) is 10.1. The summed E-state index contributed by atoms with van der Waals surface area (Å²) in [5.41, 5.74) is 0.506. The lowest BCUT2D eigenvalue weighted by atomic mass is 10.2. The zero-order valence-corrected chi connectivity index (χ0v) is 13.5. The number of aromatic nitrogens is 2. The third kappa shape index (κ3) is 4.61. The molecule has 6 nitrogen and oxygen atoms in total. The number of nitrogens with zero attached hydrogens (tertiary/aromatic N) is 2. The minimum absolute atomic E-state index is 0.0538. The van der Waals surface area contributed by atoms with E-state index in [1.807, 2.05) is 6.07 Å². The maximum atomic E-state index is 12.0. The molecule has 0 aliphatic heterocycles. The Labute approximate surface area is 133 Å². The number of rotatable bonds is 5. The molecule has 1 amide bonds. The first kappa shape index (κ1) is 15.6. The highest BCUT2D eigenvalue weighted by Gasteiger charge is 2.13. The van der Waals surface area contributed by atoms with E-state index in [2.05, 4.69) is 31.4 Å². The van der Waals surface area contributed by atoms with Gasteiger partial charge >= 0.3 is 5.97 Å². The van der Waals surface area contributed by atoms with Crippen molar-refractivity contribution in [2.24, 2.45) is 0 Å². The van der Waals surface area contributed by atoms with Gasteiger partial charge in [0.1, 0.15) is 5.01 Å². The number of amides is 1. The Morgan fingerprint density at radius 2 is 2.19 bits per heavy atom. The van der Waals surface area contributed by atoms with Crippen molar-refractivity contribution in [1.29, 1.82) is 0 Å². The summed E-state index contributed by atoms with van der Waals surface area (Å²) in [6.07, 6.45) is 0.0538. The first-order valence-corrected chi connectivity index (χ1v) is 7.74. The molecule has 1 aromatic heterocycles. The van der Waals surface area contributed by atoms with Crippen LogP contribution in [-0.2, 0) is 16.0 Å². The van der Waals surface area contributed by atoms with E-state index < -0.39 is 0 Å². The second-order valence-corrected chi connectivity index (χ2v) is 5.92. The number of nitrogens with one attached hydrogen (secondary N) is 1. The molecule has 21 heavy (non-hydrogen) atoms. The van der Waals surface area contributed by atoms with E-state index >= 15 is 0 Å². The fourth-order valence-electron chi connectivity index (χ4n) is 1.51. The molecular formula is C13H12BrN3O3S. The van der Waals surface area contributed by atoms with Crippen LogP contribution >= 0.6 is 27.3 Å². The Bertz CT molecular complexity index is 660. The van der Waals surface area contributed by atoms with Crippen LogP contribution in [0.3, 0.4) is 0 Å². The van der Waals surface area contributed by atoms with Crippen molar-refractivity contribution in [3.63, 3.8) is 0 Å². The van der Waals surface area contributed by atoms with Gasteiger partial charge in [-0.3, -0.25) is 14.9 Å². The summed E-state index contributed by atoms with van der Waals surface area (Å²) < 4.78 is 5.64. The zero-order valence-electron chi connectivity index (χ0n) is 11.1. The number of anilines is 1. The van der Waals surface area contributed by atoms with E-state index in [0.717, 1.165) is 15.8 Å². The van der Waals surface area contributed by atoms with E-state index in [9.17, 15) is 9.59 Å². The molecule has 1 N–H and O–H groups in total. The lowest BCUT2D eigenvalue weighted by Crippen LogP contribution is -2.11. The zero-order chi connectivity index (χ0) is 15.2. The maximum absolute atomic E-state index is 12.0. The molecule has 0 spiro atoms. The average Bonchev–Trinajstić information content (AvgIpc) is 2.86. The van der Waals surface area contributed by atoms with Crippen molar-refractivity contribution in [3.8, 4) is 0 Å². The lowest BCUT2D eigenvalue weighted by Gasteiger charge is -2.01. The van der Waals surface area contributed by atoms with Gasteiger partial charge in [-0.2, -0.15) is 0 Å². The number of benzene rings is 1. The number of ether oxygens (including phenoxy) is 1. The van der Waals surface area contributed by atoms with Crippen LogP contribution in [0, 0.1) is 0 Å². The molecule has 2 aromatic rings. The summed E-state index contributed by atoms with van der Waals surface area (Å²) in [6, 6.07) is 7.00. The predicted octanol–water partition coefficient (Wildman–Crippen LogP) is 2.66. The molecule has 1 heterocycles. The third-order valence-electron chi connectivity index (χ3n) is 2.38. The smallest absolute Gasteiger partial charge is 0.312 e. The Morgan fingerprint density at radius 3 is 2.90 bits per heavy atom. The van der Waals surface area contributed by atoms with E-state index in [-0.39, 0.29) is 18.3 Å². The van der Waals surface area contributed by atoms with Gasteiger partial charge in [-0.15, -0.1) is 10.2 Å². The van der Waals surface area contributed by atoms with Crippen LogP contribution in [-0.4, -0.2) is 28.7 Å². The molecule has 0 aliphatic carbocycles. The quantitative estimate of drug-likeness (QED) is 0.819. The van der Waals surface area contributed by atoms with E-state index in [4.69, 9.17) is 4.74 Å². The first-order valence-electron chi connectivity index (χ1n) is 6.13. The predicted molar refractivity (Wildman–Crippen MR) is 82.3 cm³/mol. The van der Waals surface area contributed by atoms with Gasteiger partial charge in [-0.25, -0.2) is 0 Å². The Hall–Kier alpha value is -1.80. The number of esters is 1. The van der Waals surface area contributed by atoms with Crippen LogP contribution in [0.5, 0.6) is 0 Å². The highest BCUT2D eigenvalue weighted by molar-refractivity contribution is 9.10. The second-order valence-electron chi connectivity index (χ2n) is 3.95. The van der Waals surface area contributed by atoms with E-state index in [0.29, 0.717) is 22.3 Å². The van der Waals surface area contributed by atoms with Gasteiger partial charge in [-0.1, -0.05) is 33.3 Å². The van der Waals surface area contributed by atoms with Crippen molar-refractivity contribution >= 4 is 44.3 Å². The number of hydrogen-bond donors (Lipinski definition) is 1. The Kier molecular flexibility index (Phi) is 5.40. The van der Waals surface area contributed by atoms with Gasteiger partial charge in [0.15, 0.2) is 0 Å². The molecule has 0 radical (unpaired) electrons. The van der Waals surface area contributed by atoms with Crippen molar-refractivity contribution in [2.45, 2.75) is 13.3 Å². The number of hydrogen-bond acceptors (Lipinski definition) is 6. The van der Waals surface area contributed by atoms with Crippen LogP contribution in [0.1, 0.15) is 22.3 Å². The molecule has 8 heteroatoms. The van der Waals surface area contributed by atoms with Crippen LogP contribution in [0.2, 0.25) is 0 Å². The molecule has 0 atom stereocenters. The van der Waals surface area contributed by atoms with Crippen molar-refractivity contribution < 1.29 is 14.3 Å². The molecular weight excluding hydrogens is 358 g/mol. The highest BCUT2D eigenvalue weighted by atomic mass is 79.9. The normalized spacial score (nSPS) is 10.2. The standard InChI is InChI=1S/C13H12BrN3O3S/c1-2-20-11(18)7-10-16-17-13(21-10)15-12(19)8-4-3-5-9(14)6-8/h3-6H,2,7H2,1H3,(H,15,17,19). The van der Waals surface area contributed by atoms with Crippen LogP contribution < -0.4 is 5.32 Å². The van der Waals surface area contributed by atoms with Gasteiger partial charge in [0.2, 0.25) is 5.13 Å². The average molecular weight is 370 g/mol. The van der Waals surface area contributed by atoms with Gasteiger partial charge in [0.05, 0.1) is 13.0 Å². The van der Waals surface area contributed by atoms with Crippen molar-refractivity contribution in [3.05, 3.63) is 39.3 Å².